The molecule has 0 heterocycles. The molecule has 1 aromatic rings. The molecule has 1 aromatic carbocycles. The van der Waals surface area contributed by atoms with Crippen LogP contribution in [-0.2, 0) is 0 Å². The molecular formula is C11H13Cl3. The molecular weight excluding hydrogens is 238 g/mol. The van der Waals surface area contributed by atoms with E-state index in [4.69, 9.17) is 34.8 Å². The Morgan fingerprint density at radius 3 is 1.64 bits per heavy atom. The Hall–Kier alpha value is 0.0900. The lowest BCUT2D eigenvalue weighted by Gasteiger charge is -2.16. The van der Waals surface area contributed by atoms with Gasteiger partial charge in [0, 0.05) is 5.02 Å². The quantitative estimate of drug-likeness (QED) is 0.587. The molecule has 78 valence electrons. The highest BCUT2D eigenvalue weighted by atomic mass is 35.5. The van der Waals surface area contributed by atoms with E-state index >= 15 is 0 Å². The van der Waals surface area contributed by atoms with Gasteiger partial charge in [0.05, 0.1) is 10.0 Å². The molecule has 0 aliphatic heterocycles. The highest BCUT2D eigenvalue weighted by Crippen LogP contribution is 2.40. The Morgan fingerprint density at radius 1 is 0.786 bits per heavy atom. The topological polar surface area (TPSA) is 0 Å². The van der Waals surface area contributed by atoms with Crippen molar-refractivity contribution in [3.05, 3.63) is 31.8 Å². The molecule has 0 bridgehead atoms. The lowest BCUT2D eigenvalue weighted by molar-refractivity contribution is 0.864. The van der Waals surface area contributed by atoms with E-state index in [9.17, 15) is 0 Å². The maximum atomic E-state index is 6.23. The number of rotatable bonds is 1. The number of halogens is 3. The molecule has 14 heavy (non-hydrogen) atoms. The fourth-order valence-electron chi connectivity index (χ4n) is 1.42. The molecule has 0 nitrogen and oxygen atoms in total. The zero-order valence-electron chi connectivity index (χ0n) is 8.71. The van der Waals surface area contributed by atoms with Crippen molar-refractivity contribution in [3.8, 4) is 0 Å². The highest BCUT2D eigenvalue weighted by Gasteiger charge is 2.18. The van der Waals surface area contributed by atoms with Crippen molar-refractivity contribution in [2.45, 2.75) is 33.6 Å². The summed E-state index contributed by atoms with van der Waals surface area (Å²) in [7, 11) is 0. The fraction of sp³-hybridized carbons (Fsp3) is 0.455. The van der Waals surface area contributed by atoms with Crippen LogP contribution in [0.3, 0.4) is 0 Å². The molecule has 0 saturated heterocycles. The third kappa shape index (κ3) is 1.88. The Morgan fingerprint density at radius 2 is 1.21 bits per heavy atom. The monoisotopic (exact) mass is 250 g/mol. The van der Waals surface area contributed by atoms with Gasteiger partial charge in [-0.1, -0.05) is 48.7 Å². The van der Waals surface area contributed by atoms with E-state index in [1.807, 2.05) is 13.8 Å². The highest BCUT2D eigenvalue weighted by molar-refractivity contribution is 6.44. The van der Waals surface area contributed by atoms with Gasteiger partial charge in [-0.05, 0) is 36.5 Å². The van der Waals surface area contributed by atoms with Crippen LogP contribution in [0.2, 0.25) is 15.1 Å². The van der Waals surface area contributed by atoms with Gasteiger partial charge in [-0.3, -0.25) is 0 Å². The molecule has 0 aliphatic rings. The first-order valence-electron chi connectivity index (χ1n) is 4.51. The molecule has 0 amide bonds. The molecule has 3 heteroatoms. The van der Waals surface area contributed by atoms with Crippen molar-refractivity contribution in [1.29, 1.82) is 0 Å². The van der Waals surface area contributed by atoms with E-state index in [0.717, 1.165) is 21.7 Å². The molecule has 0 fully saturated rings. The standard InChI is InChI=1S/C11H13Cl3/c1-5(2)8-9(12)6(3)7(4)10(13)11(8)14/h5H,1-4H3. The van der Waals surface area contributed by atoms with Gasteiger partial charge in [0.1, 0.15) is 0 Å². The first-order valence-corrected chi connectivity index (χ1v) is 5.64. The average molecular weight is 252 g/mol. The van der Waals surface area contributed by atoms with Crippen LogP contribution in [-0.4, -0.2) is 0 Å². The largest absolute Gasteiger partial charge is 0.0837 e. The summed E-state index contributed by atoms with van der Waals surface area (Å²) in [6.07, 6.45) is 0. The van der Waals surface area contributed by atoms with Gasteiger partial charge < -0.3 is 0 Å². The van der Waals surface area contributed by atoms with E-state index in [1.54, 1.807) is 0 Å². The van der Waals surface area contributed by atoms with Crippen LogP contribution in [0, 0.1) is 13.8 Å². The van der Waals surface area contributed by atoms with Gasteiger partial charge >= 0.3 is 0 Å². The van der Waals surface area contributed by atoms with E-state index in [1.165, 1.54) is 0 Å². The zero-order valence-corrected chi connectivity index (χ0v) is 11.0. The van der Waals surface area contributed by atoms with Crippen molar-refractivity contribution >= 4 is 34.8 Å². The summed E-state index contributed by atoms with van der Waals surface area (Å²) in [4.78, 5) is 0. The van der Waals surface area contributed by atoms with Crippen LogP contribution in [0.25, 0.3) is 0 Å². The fourth-order valence-corrected chi connectivity index (χ4v) is 2.62. The van der Waals surface area contributed by atoms with Crippen LogP contribution in [0.4, 0.5) is 0 Å². The third-order valence-electron chi connectivity index (χ3n) is 2.46. The number of hydrogen-bond acceptors (Lipinski definition) is 0. The maximum absolute atomic E-state index is 6.23. The van der Waals surface area contributed by atoms with Gasteiger partial charge in [0.25, 0.3) is 0 Å². The summed E-state index contributed by atoms with van der Waals surface area (Å²) in [5.74, 6) is 0.284. The lowest BCUT2D eigenvalue weighted by Crippen LogP contribution is -1.97. The van der Waals surface area contributed by atoms with Crippen LogP contribution in [0.1, 0.15) is 36.5 Å². The van der Waals surface area contributed by atoms with Crippen molar-refractivity contribution < 1.29 is 0 Å². The van der Waals surface area contributed by atoms with E-state index in [0.29, 0.717) is 10.0 Å². The number of benzene rings is 1. The Labute approximate surface area is 100 Å². The maximum Gasteiger partial charge on any atom is 0.0644 e. The summed E-state index contributed by atoms with van der Waals surface area (Å²) in [6, 6.07) is 0. The molecule has 0 unspecified atom stereocenters. The predicted molar refractivity (Wildman–Crippen MR) is 65.0 cm³/mol. The van der Waals surface area contributed by atoms with Crippen molar-refractivity contribution in [1.82, 2.24) is 0 Å². The van der Waals surface area contributed by atoms with Gasteiger partial charge in [-0.25, -0.2) is 0 Å². The Balaban J connectivity index is 3.60. The summed E-state index contributed by atoms with van der Waals surface area (Å²) in [5.41, 5.74) is 2.93. The minimum absolute atomic E-state index is 0.284. The second kappa shape index (κ2) is 4.30. The lowest BCUT2D eigenvalue weighted by atomic mass is 9.98. The SMILES string of the molecule is Cc1c(C)c(Cl)c(C(C)C)c(Cl)c1Cl. The summed E-state index contributed by atoms with van der Waals surface area (Å²) < 4.78 is 0. The molecule has 0 atom stereocenters. The van der Waals surface area contributed by atoms with Crippen LogP contribution >= 0.6 is 34.8 Å². The minimum atomic E-state index is 0.284. The molecule has 1 rings (SSSR count). The summed E-state index contributed by atoms with van der Waals surface area (Å²) >= 11 is 18.5. The van der Waals surface area contributed by atoms with E-state index in [-0.39, 0.29) is 5.92 Å². The minimum Gasteiger partial charge on any atom is -0.0837 e. The van der Waals surface area contributed by atoms with Crippen molar-refractivity contribution in [2.75, 3.05) is 0 Å². The second-order valence-electron chi connectivity index (χ2n) is 3.76. The van der Waals surface area contributed by atoms with Crippen molar-refractivity contribution in [2.24, 2.45) is 0 Å². The van der Waals surface area contributed by atoms with Crippen LogP contribution < -0.4 is 0 Å². The molecule has 0 aromatic heterocycles. The molecule has 0 saturated carbocycles. The molecule has 0 aliphatic carbocycles. The second-order valence-corrected chi connectivity index (χ2v) is 4.89. The predicted octanol–water partition coefficient (Wildman–Crippen LogP) is 5.39. The summed E-state index contributed by atoms with van der Waals surface area (Å²) in [5, 5.41) is 1.96. The molecule has 0 spiro atoms. The summed E-state index contributed by atoms with van der Waals surface area (Å²) in [6.45, 7) is 8.00. The first-order chi connectivity index (χ1) is 6.37. The van der Waals surface area contributed by atoms with Crippen LogP contribution in [0.15, 0.2) is 0 Å². The third-order valence-corrected chi connectivity index (χ3v) is 3.91. The van der Waals surface area contributed by atoms with E-state index in [2.05, 4.69) is 13.8 Å². The normalized spacial score (nSPS) is 11.1. The first kappa shape index (κ1) is 12.2. The van der Waals surface area contributed by atoms with Gasteiger partial charge in [0.15, 0.2) is 0 Å². The van der Waals surface area contributed by atoms with Gasteiger partial charge in [-0.2, -0.15) is 0 Å². The molecule has 0 N–H and O–H groups in total. The Bertz CT molecular complexity index is 338. The van der Waals surface area contributed by atoms with Crippen LogP contribution in [0.5, 0.6) is 0 Å². The zero-order chi connectivity index (χ0) is 11.0. The van der Waals surface area contributed by atoms with E-state index < -0.39 is 0 Å². The van der Waals surface area contributed by atoms with Gasteiger partial charge in [-0.15, -0.1) is 0 Å². The number of hydrogen-bond donors (Lipinski definition) is 0. The average Bonchev–Trinajstić information content (AvgIpc) is 2.11. The van der Waals surface area contributed by atoms with Crippen molar-refractivity contribution in [3.63, 3.8) is 0 Å². The molecule has 0 radical (unpaired) electrons. The Kier molecular flexibility index (Phi) is 3.74. The van der Waals surface area contributed by atoms with Gasteiger partial charge in [0.2, 0.25) is 0 Å². The smallest absolute Gasteiger partial charge is 0.0644 e.